The van der Waals surface area contributed by atoms with Crippen LogP contribution >= 0.6 is 0 Å². The van der Waals surface area contributed by atoms with Crippen LogP contribution in [0, 0.1) is 19.8 Å². The van der Waals surface area contributed by atoms with Gasteiger partial charge in [0, 0.05) is 12.6 Å². The van der Waals surface area contributed by atoms with E-state index in [4.69, 9.17) is 5.73 Å². The minimum Gasteiger partial charge on any atom is -0.336 e. The Hall–Kier alpha value is -1.23. The number of anilines is 1. The van der Waals surface area contributed by atoms with Crippen molar-refractivity contribution in [1.29, 1.82) is 0 Å². The molecule has 1 aromatic rings. The summed E-state index contributed by atoms with van der Waals surface area (Å²) in [6.45, 7) is 7.74. The highest BCUT2D eigenvalue weighted by Gasteiger charge is 2.30. The number of nitrogens with two attached hydrogens (primary N) is 1. The smallest absolute Gasteiger partial charge is 0.245 e. The maximum absolute atomic E-state index is 5.94. The van der Waals surface area contributed by atoms with Crippen LogP contribution in [0.3, 0.4) is 0 Å². The van der Waals surface area contributed by atoms with E-state index < -0.39 is 0 Å². The summed E-state index contributed by atoms with van der Waals surface area (Å²) >= 11 is 0. The van der Waals surface area contributed by atoms with E-state index in [2.05, 4.69) is 27.0 Å². The molecule has 106 valence electrons. The molecule has 1 fully saturated rings. The number of rotatable bonds is 4. The quantitative estimate of drug-likeness (QED) is 0.897. The Morgan fingerprint density at radius 1 is 1.16 bits per heavy atom. The molecule has 0 aromatic carbocycles. The van der Waals surface area contributed by atoms with Gasteiger partial charge in [0.2, 0.25) is 5.95 Å². The molecule has 0 aliphatic heterocycles. The zero-order chi connectivity index (χ0) is 13.8. The Kier molecular flexibility index (Phi) is 4.69. The molecule has 1 heterocycles. The van der Waals surface area contributed by atoms with Crippen LogP contribution in [0.2, 0.25) is 0 Å². The van der Waals surface area contributed by atoms with E-state index in [9.17, 15) is 0 Å². The van der Waals surface area contributed by atoms with Gasteiger partial charge in [0.05, 0.1) is 11.4 Å². The van der Waals surface area contributed by atoms with Crippen molar-refractivity contribution < 1.29 is 0 Å². The highest BCUT2D eigenvalue weighted by atomic mass is 15.3. The maximum Gasteiger partial charge on any atom is 0.245 e. The van der Waals surface area contributed by atoms with Crippen LogP contribution in [0.1, 0.15) is 44.0 Å². The van der Waals surface area contributed by atoms with Gasteiger partial charge in [0.1, 0.15) is 0 Å². The molecule has 1 aromatic heterocycles. The van der Waals surface area contributed by atoms with Crippen LogP contribution in [0.4, 0.5) is 5.95 Å². The van der Waals surface area contributed by atoms with E-state index in [1.807, 2.05) is 13.8 Å². The Morgan fingerprint density at radius 3 is 2.53 bits per heavy atom. The summed E-state index contributed by atoms with van der Waals surface area (Å²) in [5.74, 6) is 1.31. The van der Waals surface area contributed by atoms with Crippen LogP contribution in [0.5, 0.6) is 0 Å². The third kappa shape index (κ3) is 3.03. The zero-order valence-corrected chi connectivity index (χ0v) is 12.3. The average molecular weight is 263 g/mol. The predicted octanol–water partition coefficient (Wildman–Crippen LogP) is 1.83. The van der Waals surface area contributed by atoms with Gasteiger partial charge in [-0.05, 0) is 46.1 Å². The second-order valence-electron chi connectivity index (χ2n) is 5.42. The van der Waals surface area contributed by atoms with Crippen LogP contribution in [-0.4, -0.2) is 34.3 Å². The van der Waals surface area contributed by atoms with E-state index in [0.29, 0.717) is 12.0 Å². The summed E-state index contributed by atoms with van der Waals surface area (Å²) in [6.07, 6.45) is 4.97. The molecule has 0 spiro atoms. The van der Waals surface area contributed by atoms with Crippen molar-refractivity contribution in [3.05, 3.63) is 11.4 Å². The van der Waals surface area contributed by atoms with Gasteiger partial charge in [0.15, 0.2) is 0 Å². The first kappa shape index (κ1) is 14.2. The van der Waals surface area contributed by atoms with Gasteiger partial charge in [-0.3, -0.25) is 0 Å². The molecule has 2 rings (SSSR count). The molecule has 2 atom stereocenters. The number of aryl methyl sites for hydroxylation is 2. The first-order valence-electron chi connectivity index (χ1n) is 7.32. The first-order chi connectivity index (χ1) is 9.17. The monoisotopic (exact) mass is 263 g/mol. The van der Waals surface area contributed by atoms with Gasteiger partial charge in [-0.2, -0.15) is 5.10 Å². The van der Waals surface area contributed by atoms with E-state index in [-0.39, 0.29) is 0 Å². The minimum atomic E-state index is 0.465. The normalized spacial score (nSPS) is 23.4. The Morgan fingerprint density at radius 2 is 1.89 bits per heavy atom. The summed E-state index contributed by atoms with van der Waals surface area (Å²) < 4.78 is 0. The molecular formula is C14H25N5. The van der Waals surface area contributed by atoms with Gasteiger partial charge < -0.3 is 10.6 Å². The lowest BCUT2D eigenvalue weighted by Gasteiger charge is -2.39. The van der Waals surface area contributed by atoms with Crippen LogP contribution in [0.25, 0.3) is 0 Å². The van der Waals surface area contributed by atoms with E-state index in [1.165, 1.54) is 25.7 Å². The molecular weight excluding hydrogens is 238 g/mol. The fourth-order valence-electron chi connectivity index (χ4n) is 2.96. The molecule has 0 bridgehead atoms. The van der Waals surface area contributed by atoms with E-state index in [0.717, 1.165) is 30.4 Å². The van der Waals surface area contributed by atoms with Crippen molar-refractivity contribution in [2.24, 2.45) is 11.7 Å². The van der Waals surface area contributed by atoms with Crippen molar-refractivity contribution in [3.63, 3.8) is 0 Å². The number of hydrogen-bond acceptors (Lipinski definition) is 5. The van der Waals surface area contributed by atoms with E-state index >= 15 is 0 Å². The van der Waals surface area contributed by atoms with Gasteiger partial charge in [-0.15, -0.1) is 5.10 Å². The van der Waals surface area contributed by atoms with E-state index in [1.54, 1.807) is 0 Å². The Bertz CT molecular complexity index is 420. The van der Waals surface area contributed by atoms with Crippen LogP contribution < -0.4 is 10.6 Å². The van der Waals surface area contributed by atoms with Crippen molar-refractivity contribution in [3.8, 4) is 0 Å². The van der Waals surface area contributed by atoms with Crippen molar-refractivity contribution in [1.82, 2.24) is 15.2 Å². The lowest BCUT2D eigenvalue weighted by molar-refractivity contribution is 0.298. The summed E-state index contributed by atoms with van der Waals surface area (Å²) in [6, 6.07) is 0.465. The topological polar surface area (TPSA) is 67.9 Å². The average Bonchev–Trinajstić information content (AvgIpc) is 2.44. The number of aromatic nitrogens is 3. The SMILES string of the molecule is CCN(c1nnc(C)c(C)n1)C1CCCCC1CN. The molecule has 5 heteroatoms. The molecule has 1 aliphatic carbocycles. The lowest BCUT2D eigenvalue weighted by atomic mass is 9.83. The fraction of sp³-hybridized carbons (Fsp3) is 0.786. The lowest BCUT2D eigenvalue weighted by Crippen LogP contribution is -2.46. The molecule has 2 unspecified atom stereocenters. The zero-order valence-electron chi connectivity index (χ0n) is 12.3. The molecule has 0 saturated heterocycles. The third-order valence-electron chi connectivity index (χ3n) is 4.25. The Labute approximate surface area is 115 Å². The van der Waals surface area contributed by atoms with Crippen LogP contribution in [-0.2, 0) is 0 Å². The van der Waals surface area contributed by atoms with Crippen LogP contribution in [0.15, 0.2) is 0 Å². The largest absolute Gasteiger partial charge is 0.336 e. The number of hydrogen-bond donors (Lipinski definition) is 1. The van der Waals surface area contributed by atoms with Crippen molar-refractivity contribution in [2.75, 3.05) is 18.0 Å². The fourth-order valence-corrected chi connectivity index (χ4v) is 2.96. The van der Waals surface area contributed by atoms with Gasteiger partial charge in [0.25, 0.3) is 0 Å². The number of nitrogens with zero attached hydrogens (tertiary/aromatic N) is 4. The minimum absolute atomic E-state index is 0.465. The van der Waals surface area contributed by atoms with Gasteiger partial charge in [-0.25, -0.2) is 4.98 Å². The second kappa shape index (κ2) is 6.28. The van der Waals surface area contributed by atoms with Gasteiger partial charge in [-0.1, -0.05) is 12.8 Å². The highest BCUT2D eigenvalue weighted by Crippen LogP contribution is 2.29. The summed E-state index contributed by atoms with van der Waals surface area (Å²) in [7, 11) is 0. The maximum atomic E-state index is 5.94. The molecule has 0 radical (unpaired) electrons. The summed E-state index contributed by atoms with van der Waals surface area (Å²) in [5, 5.41) is 8.49. The molecule has 2 N–H and O–H groups in total. The standard InChI is InChI=1S/C14H25N5/c1-4-19(13-8-6-5-7-12(13)9-15)14-16-10(2)11(3)17-18-14/h12-13H,4-9,15H2,1-3H3. The molecule has 5 nitrogen and oxygen atoms in total. The molecule has 1 aliphatic rings. The molecule has 19 heavy (non-hydrogen) atoms. The van der Waals surface area contributed by atoms with Crippen molar-refractivity contribution >= 4 is 5.95 Å². The first-order valence-corrected chi connectivity index (χ1v) is 7.32. The predicted molar refractivity (Wildman–Crippen MR) is 77.1 cm³/mol. The molecule has 0 amide bonds. The summed E-state index contributed by atoms with van der Waals surface area (Å²) in [4.78, 5) is 6.89. The Balaban J connectivity index is 2.24. The second-order valence-corrected chi connectivity index (χ2v) is 5.42. The van der Waals surface area contributed by atoms with Gasteiger partial charge >= 0.3 is 0 Å². The van der Waals surface area contributed by atoms with Crippen molar-refractivity contribution in [2.45, 2.75) is 52.5 Å². The third-order valence-corrected chi connectivity index (χ3v) is 4.25. The summed E-state index contributed by atoms with van der Waals surface area (Å²) in [5.41, 5.74) is 7.80. The molecule has 1 saturated carbocycles. The highest BCUT2D eigenvalue weighted by molar-refractivity contribution is 5.32.